The molecule has 0 saturated carbocycles. The van der Waals surface area contributed by atoms with Crippen LogP contribution in [0.1, 0.15) is 15.2 Å². The van der Waals surface area contributed by atoms with Crippen molar-refractivity contribution in [2.75, 3.05) is 5.32 Å². The van der Waals surface area contributed by atoms with E-state index in [0.717, 1.165) is 10.6 Å². The number of carbonyl (C=O) groups is 1. The smallest absolute Gasteiger partial charge is 0.269 e. The number of nitro benzene ring substituents is 1. The molecule has 0 saturated heterocycles. The number of hydrogen-bond acceptors (Lipinski definition) is 5. The van der Waals surface area contributed by atoms with Crippen LogP contribution in [-0.4, -0.2) is 10.8 Å². The lowest BCUT2D eigenvalue weighted by atomic mass is 10.2. The Labute approximate surface area is 113 Å². The Morgan fingerprint density at radius 3 is 2.58 bits per heavy atom. The minimum absolute atomic E-state index is 0.0534. The maximum atomic E-state index is 10.9. The van der Waals surface area contributed by atoms with Crippen LogP contribution in [0.4, 0.5) is 11.4 Å². The van der Waals surface area contributed by atoms with E-state index in [9.17, 15) is 14.9 Å². The number of nitrogens with zero attached hydrogens (tertiary/aromatic N) is 1. The van der Waals surface area contributed by atoms with Crippen molar-refractivity contribution in [2.24, 2.45) is 5.73 Å². The summed E-state index contributed by atoms with van der Waals surface area (Å²) in [5, 5.41) is 15.3. The molecule has 19 heavy (non-hydrogen) atoms. The van der Waals surface area contributed by atoms with Crippen molar-refractivity contribution in [1.29, 1.82) is 0 Å². The van der Waals surface area contributed by atoms with Gasteiger partial charge in [-0.15, -0.1) is 11.3 Å². The normalized spacial score (nSPS) is 10.1. The van der Waals surface area contributed by atoms with Crippen LogP contribution in [0.15, 0.2) is 35.7 Å². The first kappa shape index (κ1) is 13.0. The molecule has 2 aromatic rings. The van der Waals surface area contributed by atoms with Crippen molar-refractivity contribution in [3.05, 3.63) is 56.3 Å². The second-order valence-corrected chi connectivity index (χ2v) is 4.82. The minimum atomic E-state index is -0.446. The molecule has 1 heterocycles. The van der Waals surface area contributed by atoms with Gasteiger partial charge in [-0.1, -0.05) is 0 Å². The van der Waals surface area contributed by atoms with Crippen LogP contribution in [0.25, 0.3) is 0 Å². The number of anilines is 1. The molecule has 2 rings (SSSR count). The highest BCUT2D eigenvalue weighted by Gasteiger charge is 2.06. The summed E-state index contributed by atoms with van der Waals surface area (Å²) in [4.78, 5) is 22.0. The van der Waals surface area contributed by atoms with Gasteiger partial charge in [-0.25, -0.2) is 0 Å². The fourth-order valence-corrected chi connectivity index (χ4v) is 2.31. The van der Waals surface area contributed by atoms with Crippen LogP contribution < -0.4 is 11.1 Å². The first-order valence-electron chi connectivity index (χ1n) is 5.42. The fourth-order valence-electron chi connectivity index (χ4n) is 1.49. The average molecular weight is 277 g/mol. The average Bonchev–Trinajstić information content (AvgIpc) is 2.86. The number of non-ortho nitro benzene ring substituents is 1. The third-order valence-electron chi connectivity index (χ3n) is 2.48. The van der Waals surface area contributed by atoms with Gasteiger partial charge in [-0.2, -0.15) is 0 Å². The summed E-state index contributed by atoms with van der Waals surface area (Å²) in [5.41, 5.74) is 6.48. The molecule has 0 aliphatic heterocycles. The zero-order valence-corrected chi connectivity index (χ0v) is 10.6. The van der Waals surface area contributed by atoms with Gasteiger partial charge in [-0.05, 0) is 18.2 Å². The Kier molecular flexibility index (Phi) is 3.76. The Hall–Kier alpha value is -2.41. The van der Waals surface area contributed by atoms with Crippen molar-refractivity contribution in [3.63, 3.8) is 0 Å². The number of hydrogen-bond donors (Lipinski definition) is 2. The summed E-state index contributed by atoms with van der Waals surface area (Å²) in [6.45, 7) is 0.537. The predicted octanol–water partition coefficient (Wildman–Crippen LogP) is 2.37. The number of benzene rings is 1. The lowest BCUT2D eigenvalue weighted by Crippen LogP contribution is -2.09. The zero-order valence-electron chi connectivity index (χ0n) is 9.83. The Morgan fingerprint density at radius 2 is 2.05 bits per heavy atom. The van der Waals surface area contributed by atoms with E-state index < -0.39 is 10.8 Å². The first-order chi connectivity index (χ1) is 9.06. The summed E-state index contributed by atoms with van der Waals surface area (Å²) >= 11 is 1.43. The third kappa shape index (κ3) is 3.29. The van der Waals surface area contributed by atoms with Gasteiger partial charge in [0.2, 0.25) is 5.91 Å². The molecule has 0 atom stereocenters. The highest BCUT2D eigenvalue weighted by molar-refractivity contribution is 7.10. The van der Waals surface area contributed by atoms with E-state index in [1.807, 2.05) is 0 Å². The molecule has 1 amide bonds. The van der Waals surface area contributed by atoms with Crippen LogP contribution in [0.3, 0.4) is 0 Å². The van der Waals surface area contributed by atoms with E-state index in [4.69, 9.17) is 5.73 Å². The molecule has 1 aromatic heterocycles. The molecule has 0 radical (unpaired) electrons. The molecule has 98 valence electrons. The van der Waals surface area contributed by atoms with Crippen molar-refractivity contribution >= 4 is 28.6 Å². The molecule has 0 aliphatic rings. The highest BCUT2D eigenvalue weighted by Crippen LogP contribution is 2.18. The molecule has 7 heteroatoms. The minimum Gasteiger partial charge on any atom is -0.380 e. The number of amides is 1. The lowest BCUT2D eigenvalue weighted by molar-refractivity contribution is -0.384. The molecule has 0 unspecified atom stereocenters. The molecular weight excluding hydrogens is 266 g/mol. The zero-order chi connectivity index (χ0) is 13.8. The molecule has 0 aliphatic carbocycles. The number of rotatable bonds is 5. The van der Waals surface area contributed by atoms with Crippen molar-refractivity contribution in [3.8, 4) is 0 Å². The molecule has 0 fully saturated rings. The quantitative estimate of drug-likeness (QED) is 0.647. The van der Waals surface area contributed by atoms with Gasteiger partial charge in [0, 0.05) is 34.6 Å². The van der Waals surface area contributed by atoms with Crippen LogP contribution >= 0.6 is 11.3 Å². The van der Waals surface area contributed by atoms with Gasteiger partial charge in [0.05, 0.1) is 10.5 Å². The topological polar surface area (TPSA) is 98.3 Å². The second kappa shape index (κ2) is 5.49. The monoisotopic (exact) mass is 277 g/mol. The maximum Gasteiger partial charge on any atom is 0.269 e. The number of nitrogens with two attached hydrogens (primary N) is 1. The fraction of sp³-hybridized carbons (Fsp3) is 0.0833. The number of thiophene rings is 1. The number of carbonyl (C=O) groups excluding carboxylic acids is 1. The largest absolute Gasteiger partial charge is 0.380 e. The van der Waals surface area contributed by atoms with E-state index in [1.165, 1.54) is 23.5 Å². The van der Waals surface area contributed by atoms with E-state index in [0.29, 0.717) is 12.1 Å². The highest BCUT2D eigenvalue weighted by atomic mass is 32.1. The molecule has 0 spiro atoms. The van der Waals surface area contributed by atoms with E-state index in [1.54, 1.807) is 23.6 Å². The molecule has 6 nitrogen and oxygen atoms in total. The summed E-state index contributed by atoms with van der Waals surface area (Å²) in [6.07, 6.45) is 0. The van der Waals surface area contributed by atoms with Crippen LogP contribution in [0.2, 0.25) is 0 Å². The number of primary amides is 1. The summed E-state index contributed by atoms with van der Waals surface area (Å²) in [7, 11) is 0. The summed E-state index contributed by atoms with van der Waals surface area (Å²) in [6, 6.07) is 7.88. The van der Waals surface area contributed by atoms with E-state index >= 15 is 0 Å². The second-order valence-electron chi connectivity index (χ2n) is 3.82. The summed E-state index contributed by atoms with van der Waals surface area (Å²) in [5.74, 6) is -0.446. The van der Waals surface area contributed by atoms with Gasteiger partial charge in [0.15, 0.2) is 0 Å². The van der Waals surface area contributed by atoms with Crippen LogP contribution in [-0.2, 0) is 6.54 Å². The molecule has 0 bridgehead atoms. The van der Waals surface area contributed by atoms with Crippen molar-refractivity contribution in [2.45, 2.75) is 6.54 Å². The van der Waals surface area contributed by atoms with E-state index in [2.05, 4.69) is 5.32 Å². The molecule has 3 N–H and O–H groups in total. The Balaban J connectivity index is 1.97. The predicted molar refractivity (Wildman–Crippen MR) is 73.3 cm³/mol. The lowest BCUT2D eigenvalue weighted by Gasteiger charge is -2.03. The van der Waals surface area contributed by atoms with Gasteiger partial charge < -0.3 is 11.1 Å². The molecule has 1 aromatic carbocycles. The SMILES string of the molecule is NC(=O)c1csc(CNc2ccc([N+](=O)[O-])cc2)c1. The van der Waals surface area contributed by atoms with Gasteiger partial charge >= 0.3 is 0 Å². The number of nitro groups is 1. The number of nitrogens with one attached hydrogen (secondary N) is 1. The summed E-state index contributed by atoms with van der Waals surface area (Å²) < 4.78 is 0. The Bertz CT molecular complexity index is 607. The van der Waals surface area contributed by atoms with Gasteiger partial charge in [0.1, 0.15) is 0 Å². The van der Waals surface area contributed by atoms with Crippen LogP contribution in [0.5, 0.6) is 0 Å². The standard InChI is InChI=1S/C12H11N3O3S/c13-12(16)8-5-11(19-7-8)6-14-9-1-3-10(4-2-9)15(17)18/h1-5,7,14H,6H2,(H2,13,16). The van der Waals surface area contributed by atoms with Crippen molar-refractivity contribution in [1.82, 2.24) is 0 Å². The van der Waals surface area contributed by atoms with Crippen molar-refractivity contribution < 1.29 is 9.72 Å². The van der Waals surface area contributed by atoms with Crippen LogP contribution in [0, 0.1) is 10.1 Å². The molecular formula is C12H11N3O3S. The van der Waals surface area contributed by atoms with Gasteiger partial charge in [-0.3, -0.25) is 14.9 Å². The van der Waals surface area contributed by atoms with Gasteiger partial charge in [0.25, 0.3) is 5.69 Å². The first-order valence-corrected chi connectivity index (χ1v) is 6.30. The third-order valence-corrected chi connectivity index (χ3v) is 3.42. The maximum absolute atomic E-state index is 10.9. The Morgan fingerprint density at radius 1 is 1.37 bits per heavy atom. The van der Waals surface area contributed by atoms with E-state index in [-0.39, 0.29) is 5.69 Å².